The molecule has 32 heavy (non-hydrogen) atoms. The fourth-order valence-electron chi connectivity index (χ4n) is 4.52. The Hall–Kier alpha value is -2.36. The highest BCUT2D eigenvalue weighted by Crippen LogP contribution is 2.42. The van der Waals surface area contributed by atoms with Crippen LogP contribution < -0.4 is 4.74 Å². The number of ether oxygens (including phenoxy) is 1. The minimum Gasteiger partial charge on any atom is -0.455 e. The summed E-state index contributed by atoms with van der Waals surface area (Å²) in [6.45, 7) is 14.0. The van der Waals surface area contributed by atoms with Gasteiger partial charge in [0.2, 0.25) is 0 Å². The molecule has 0 amide bonds. The van der Waals surface area contributed by atoms with Crippen molar-refractivity contribution in [2.45, 2.75) is 104 Å². The van der Waals surface area contributed by atoms with Gasteiger partial charge < -0.3 is 4.74 Å². The van der Waals surface area contributed by atoms with Gasteiger partial charge in [0.1, 0.15) is 11.3 Å². The highest BCUT2D eigenvalue weighted by molar-refractivity contribution is 5.80. The van der Waals surface area contributed by atoms with Crippen LogP contribution in [-0.2, 0) is 10.8 Å². The summed E-state index contributed by atoms with van der Waals surface area (Å²) in [4.78, 5) is 0. The number of fused-ring (bicyclic) bond motifs is 1. The predicted molar refractivity (Wildman–Crippen MR) is 135 cm³/mol. The predicted octanol–water partition coefficient (Wildman–Crippen LogP) is 8.47. The lowest BCUT2D eigenvalue weighted by atomic mass is 9.74. The third kappa shape index (κ3) is 5.70. The first-order valence-corrected chi connectivity index (χ1v) is 12.4. The lowest BCUT2D eigenvalue weighted by Gasteiger charge is -2.32. The van der Waals surface area contributed by atoms with E-state index >= 15 is 0 Å². The van der Waals surface area contributed by atoms with Crippen molar-refractivity contribution >= 4 is 11.0 Å². The van der Waals surface area contributed by atoms with E-state index in [1.165, 1.54) is 56.1 Å². The number of rotatable bonds is 12. The summed E-state index contributed by atoms with van der Waals surface area (Å²) in [6.07, 6.45) is 9.89. The molecule has 174 valence electrons. The maximum absolute atomic E-state index is 6.52. The Kier molecular flexibility index (Phi) is 7.97. The summed E-state index contributed by atoms with van der Waals surface area (Å²) in [6, 6.07) is 12.7. The third-order valence-electron chi connectivity index (χ3n) is 6.83. The van der Waals surface area contributed by atoms with Gasteiger partial charge in [0.05, 0.1) is 0 Å². The van der Waals surface area contributed by atoms with Gasteiger partial charge in [0.25, 0.3) is 0 Å². The van der Waals surface area contributed by atoms with Gasteiger partial charge in [0.15, 0.2) is 11.3 Å². The van der Waals surface area contributed by atoms with E-state index in [1.54, 1.807) is 0 Å². The van der Waals surface area contributed by atoms with Crippen molar-refractivity contribution < 1.29 is 4.74 Å². The average molecular weight is 436 g/mol. The number of unbranched alkanes of at least 4 members (excludes halogenated alkanes) is 4. The first-order valence-electron chi connectivity index (χ1n) is 12.4. The standard InChI is InChI=1S/C28H41N3O/c1-7-9-11-18-27(3,4)21-16-17-24(22(20-21)28(5,6)19-12-10-8-2)32-25-15-13-14-23-26(25)30-31-29-23/h13-17,20H,7-12,18-19H2,1-6H3,(H,29,30,31). The first-order chi connectivity index (χ1) is 15.3. The molecular formula is C28H41N3O. The van der Waals surface area contributed by atoms with Crippen molar-refractivity contribution in [2.75, 3.05) is 0 Å². The number of aromatic nitrogens is 3. The Morgan fingerprint density at radius 1 is 0.781 bits per heavy atom. The largest absolute Gasteiger partial charge is 0.455 e. The topological polar surface area (TPSA) is 50.8 Å². The molecule has 3 rings (SSSR count). The van der Waals surface area contributed by atoms with Crippen molar-refractivity contribution in [2.24, 2.45) is 0 Å². The fourth-order valence-corrected chi connectivity index (χ4v) is 4.52. The van der Waals surface area contributed by atoms with Gasteiger partial charge in [-0.25, -0.2) is 0 Å². The SMILES string of the molecule is CCCCCC(C)(C)c1ccc(Oc2cccc3n[nH]nc23)c(C(C)(C)CCCCC)c1. The van der Waals surface area contributed by atoms with Crippen LogP contribution in [0, 0.1) is 0 Å². The molecule has 0 bridgehead atoms. The molecule has 0 radical (unpaired) electrons. The lowest BCUT2D eigenvalue weighted by molar-refractivity contribution is 0.409. The summed E-state index contributed by atoms with van der Waals surface area (Å²) in [5, 5.41) is 11.2. The molecule has 1 aromatic heterocycles. The van der Waals surface area contributed by atoms with E-state index in [1.807, 2.05) is 18.2 Å². The van der Waals surface area contributed by atoms with Crippen LogP contribution in [0.3, 0.4) is 0 Å². The zero-order chi connectivity index (χ0) is 23.2. The summed E-state index contributed by atoms with van der Waals surface area (Å²) in [7, 11) is 0. The highest BCUT2D eigenvalue weighted by atomic mass is 16.5. The molecule has 0 fully saturated rings. The number of para-hydroxylation sites is 1. The van der Waals surface area contributed by atoms with E-state index in [9.17, 15) is 0 Å². The Balaban J connectivity index is 1.99. The summed E-state index contributed by atoms with van der Waals surface area (Å²) in [5.41, 5.74) is 4.45. The Morgan fingerprint density at radius 2 is 1.47 bits per heavy atom. The van der Waals surface area contributed by atoms with Gasteiger partial charge in [-0.2, -0.15) is 15.4 Å². The summed E-state index contributed by atoms with van der Waals surface area (Å²) >= 11 is 0. The molecule has 0 saturated heterocycles. The molecule has 4 heteroatoms. The molecule has 0 spiro atoms. The molecule has 1 heterocycles. The van der Waals surface area contributed by atoms with Crippen LogP contribution in [0.2, 0.25) is 0 Å². The molecule has 0 saturated carbocycles. The van der Waals surface area contributed by atoms with E-state index in [2.05, 4.69) is 75.2 Å². The normalized spacial score (nSPS) is 12.4. The minimum atomic E-state index is 0.0255. The first kappa shape index (κ1) is 24.3. The third-order valence-corrected chi connectivity index (χ3v) is 6.83. The maximum Gasteiger partial charge on any atom is 0.157 e. The van der Waals surface area contributed by atoms with E-state index < -0.39 is 0 Å². The number of benzene rings is 2. The maximum atomic E-state index is 6.52. The van der Waals surface area contributed by atoms with Crippen LogP contribution in [0.5, 0.6) is 11.5 Å². The number of nitrogens with zero attached hydrogens (tertiary/aromatic N) is 2. The van der Waals surface area contributed by atoms with Crippen molar-refractivity contribution in [1.29, 1.82) is 0 Å². The van der Waals surface area contributed by atoms with Gasteiger partial charge in [-0.3, -0.25) is 0 Å². The van der Waals surface area contributed by atoms with Gasteiger partial charge in [-0.15, -0.1) is 0 Å². The van der Waals surface area contributed by atoms with Gasteiger partial charge in [-0.1, -0.05) is 98.3 Å². The van der Waals surface area contributed by atoms with E-state index in [-0.39, 0.29) is 10.8 Å². The molecule has 0 aliphatic rings. The van der Waals surface area contributed by atoms with Crippen molar-refractivity contribution in [3.05, 3.63) is 47.5 Å². The number of hydrogen-bond acceptors (Lipinski definition) is 3. The molecule has 1 N–H and O–H groups in total. The molecule has 3 aromatic rings. The van der Waals surface area contributed by atoms with Crippen molar-refractivity contribution in [1.82, 2.24) is 15.4 Å². The zero-order valence-corrected chi connectivity index (χ0v) is 20.9. The van der Waals surface area contributed by atoms with E-state index in [0.29, 0.717) is 0 Å². The van der Waals surface area contributed by atoms with Gasteiger partial charge in [-0.05, 0) is 47.4 Å². The van der Waals surface area contributed by atoms with Crippen LogP contribution in [0.15, 0.2) is 36.4 Å². The minimum absolute atomic E-state index is 0.0255. The molecule has 0 unspecified atom stereocenters. The van der Waals surface area contributed by atoms with E-state index in [4.69, 9.17) is 4.74 Å². The monoisotopic (exact) mass is 435 g/mol. The zero-order valence-electron chi connectivity index (χ0n) is 20.9. The summed E-state index contributed by atoms with van der Waals surface area (Å²) in [5.74, 6) is 1.67. The van der Waals surface area contributed by atoms with E-state index in [0.717, 1.165) is 29.0 Å². The Labute approximate surface area is 194 Å². The molecular weight excluding hydrogens is 394 g/mol. The van der Waals surface area contributed by atoms with Crippen LogP contribution in [0.25, 0.3) is 11.0 Å². The second-order valence-corrected chi connectivity index (χ2v) is 10.4. The average Bonchev–Trinajstić information content (AvgIpc) is 3.24. The van der Waals surface area contributed by atoms with Gasteiger partial charge in [0, 0.05) is 5.56 Å². The number of aromatic amines is 1. The van der Waals surface area contributed by atoms with Crippen LogP contribution in [0.4, 0.5) is 0 Å². The molecule has 2 aromatic carbocycles. The fraction of sp³-hybridized carbons (Fsp3) is 0.571. The smallest absolute Gasteiger partial charge is 0.157 e. The summed E-state index contributed by atoms with van der Waals surface area (Å²) < 4.78 is 6.52. The van der Waals surface area contributed by atoms with Crippen LogP contribution >= 0.6 is 0 Å². The van der Waals surface area contributed by atoms with Crippen molar-refractivity contribution in [3.8, 4) is 11.5 Å². The van der Waals surface area contributed by atoms with Gasteiger partial charge >= 0.3 is 0 Å². The molecule has 4 nitrogen and oxygen atoms in total. The molecule has 0 aliphatic heterocycles. The highest BCUT2D eigenvalue weighted by Gasteiger charge is 2.28. The Bertz CT molecular complexity index is 1000. The van der Waals surface area contributed by atoms with Crippen molar-refractivity contribution in [3.63, 3.8) is 0 Å². The lowest BCUT2D eigenvalue weighted by Crippen LogP contribution is -2.22. The number of nitrogens with one attached hydrogen (secondary N) is 1. The van der Waals surface area contributed by atoms with Crippen LogP contribution in [0.1, 0.15) is 104 Å². The molecule has 0 aliphatic carbocycles. The number of hydrogen-bond donors (Lipinski definition) is 1. The second-order valence-electron chi connectivity index (χ2n) is 10.4. The van der Waals surface area contributed by atoms with Crippen LogP contribution in [-0.4, -0.2) is 15.4 Å². The number of H-pyrrole nitrogens is 1. The quantitative estimate of drug-likeness (QED) is 0.290. The second kappa shape index (κ2) is 10.5. The molecule has 0 atom stereocenters. The Morgan fingerprint density at radius 3 is 2.16 bits per heavy atom.